The van der Waals surface area contributed by atoms with Gasteiger partial charge in [-0.15, -0.1) is 0 Å². The Balaban J connectivity index is 1.52. The maximum atomic E-state index is 13.0. The van der Waals surface area contributed by atoms with Crippen LogP contribution in [0.15, 0.2) is 54.6 Å². The van der Waals surface area contributed by atoms with Gasteiger partial charge in [-0.05, 0) is 30.0 Å². The average molecular weight is 363 g/mol. The Hall–Kier alpha value is -2.66. The normalized spacial score (nSPS) is 19.1. The fourth-order valence-corrected chi connectivity index (χ4v) is 4.47. The summed E-state index contributed by atoms with van der Waals surface area (Å²) in [7, 11) is 0. The van der Waals surface area contributed by atoms with Crippen molar-refractivity contribution in [1.29, 1.82) is 0 Å². The number of nitrogens with zero attached hydrogens (tertiary/aromatic N) is 2. The minimum Gasteiger partial charge on any atom is -0.370 e. The third kappa shape index (κ3) is 3.47. The number of amides is 2. The minimum atomic E-state index is -0.477. The van der Waals surface area contributed by atoms with Crippen LogP contribution in [0.5, 0.6) is 0 Å². The van der Waals surface area contributed by atoms with E-state index in [0.717, 1.165) is 43.6 Å². The lowest BCUT2D eigenvalue weighted by Crippen LogP contribution is -2.56. The zero-order chi connectivity index (χ0) is 18.9. The number of benzene rings is 2. The molecule has 1 saturated heterocycles. The summed E-state index contributed by atoms with van der Waals surface area (Å²) in [6, 6.07) is 18.1. The van der Waals surface area contributed by atoms with E-state index in [9.17, 15) is 9.59 Å². The van der Waals surface area contributed by atoms with Crippen molar-refractivity contribution in [3.8, 4) is 0 Å². The Morgan fingerprint density at radius 2 is 1.67 bits per heavy atom. The number of rotatable bonds is 5. The highest BCUT2D eigenvalue weighted by Crippen LogP contribution is 2.38. The Labute approximate surface area is 159 Å². The van der Waals surface area contributed by atoms with Crippen molar-refractivity contribution < 1.29 is 9.59 Å². The van der Waals surface area contributed by atoms with Crippen LogP contribution in [0.4, 0.5) is 0 Å². The van der Waals surface area contributed by atoms with Gasteiger partial charge in [-0.1, -0.05) is 48.5 Å². The van der Waals surface area contributed by atoms with Crippen LogP contribution in [0.3, 0.4) is 0 Å². The number of primary amides is 1. The lowest BCUT2D eigenvalue weighted by atomic mass is 9.82. The number of hydrogen-bond acceptors (Lipinski definition) is 3. The molecule has 0 unspecified atom stereocenters. The zero-order valence-corrected chi connectivity index (χ0v) is 15.4. The molecule has 5 nitrogen and oxygen atoms in total. The predicted molar refractivity (Wildman–Crippen MR) is 104 cm³/mol. The zero-order valence-electron chi connectivity index (χ0n) is 15.4. The van der Waals surface area contributed by atoms with E-state index in [4.69, 9.17) is 5.73 Å². The molecule has 140 valence electrons. The molecule has 2 amide bonds. The van der Waals surface area contributed by atoms with E-state index in [1.54, 1.807) is 0 Å². The quantitative estimate of drug-likeness (QED) is 0.888. The molecule has 1 fully saturated rings. The SMILES string of the molecule is NC(=O)CC1(N2Cc3ccccc3C2=O)CCN(Cc2ccccc2)CC1. The smallest absolute Gasteiger partial charge is 0.254 e. The van der Waals surface area contributed by atoms with Crippen molar-refractivity contribution in [2.75, 3.05) is 13.1 Å². The fourth-order valence-electron chi connectivity index (χ4n) is 4.47. The van der Waals surface area contributed by atoms with E-state index in [-0.39, 0.29) is 18.2 Å². The van der Waals surface area contributed by atoms with Crippen molar-refractivity contribution in [2.45, 2.75) is 37.9 Å². The molecule has 0 spiro atoms. The summed E-state index contributed by atoms with van der Waals surface area (Å²) in [5.41, 5.74) is 8.20. The number of carbonyl (C=O) groups is 2. The Bertz CT molecular complexity index is 842. The van der Waals surface area contributed by atoms with Gasteiger partial charge in [0, 0.05) is 38.2 Å². The molecule has 0 aliphatic carbocycles. The maximum Gasteiger partial charge on any atom is 0.254 e. The molecule has 4 rings (SSSR count). The second-order valence-electron chi connectivity index (χ2n) is 7.68. The Kier molecular flexibility index (Phi) is 4.70. The molecule has 2 heterocycles. The summed E-state index contributed by atoms with van der Waals surface area (Å²) in [4.78, 5) is 29.2. The van der Waals surface area contributed by atoms with E-state index < -0.39 is 5.54 Å². The summed E-state index contributed by atoms with van der Waals surface area (Å²) < 4.78 is 0. The van der Waals surface area contributed by atoms with E-state index in [2.05, 4.69) is 29.2 Å². The average Bonchev–Trinajstić information content (AvgIpc) is 3.02. The minimum absolute atomic E-state index is 0.0309. The number of hydrogen-bond donors (Lipinski definition) is 1. The van der Waals surface area contributed by atoms with Crippen LogP contribution in [0.25, 0.3) is 0 Å². The molecule has 0 radical (unpaired) electrons. The van der Waals surface area contributed by atoms with Crippen LogP contribution in [0, 0.1) is 0 Å². The van der Waals surface area contributed by atoms with Crippen molar-refractivity contribution in [3.63, 3.8) is 0 Å². The molecule has 2 N–H and O–H groups in total. The molecule has 2 aliphatic heterocycles. The number of carbonyl (C=O) groups excluding carboxylic acids is 2. The lowest BCUT2D eigenvalue weighted by molar-refractivity contribution is -0.121. The van der Waals surface area contributed by atoms with Gasteiger partial charge in [-0.25, -0.2) is 0 Å². The molecule has 0 aromatic heterocycles. The van der Waals surface area contributed by atoms with Gasteiger partial charge in [0.15, 0.2) is 0 Å². The van der Waals surface area contributed by atoms with Crippen LogP contribution >= 0.6 is 0 Å². The number of fused-ring (bicyclic) bond motifs is 1. The lowest BCUT2D eigenvalue weighted by Gasteiger charge is -2.47. The fraction of sp³-hybridized carbons (Fsp3) is 0.364. The third-order valence-corrected chi connectivity index (χ3v) is 5.93. The number of likely N-dealkylation sites (tertiary alicyclic amines) is 1. The van der Waals surface area contributed by atoms with Crippen LogP contribution in [-0.2, 0) is 17.9 Å². The van der Waals surface area contributed by atoms with E-state index in [1.165, 1.54) is 5.56 Å². The topological polar surface area (TPSA) is 66.6 Å². The number of nitrogens with two attached hydrogens (primary N) is 1. The van der Waals surface area contributed by atoms with Crippen LogP contribution in [0.2, 0.25) is 0 Å². The summed E-state index contributed by atoms with van der Waals surface area (Å²) in [5.74, 6) is -0.307. The summed E-state index contributed by atoms with van der Waals surface area (Å²) >= 11 is 0. The molecule has 0 saturated carbocycles. The number of piperidine rings is 1. The molecule has 0 atom stereocenters. The van der Waals surface area contributed by atoms with Crippen LogP contribution in [-0.4, -0.2) is 40.2 Å². The van der Waals surface area contributed by atoms with Crippen molar-refractivity contribution in [1.82, 2.24) is 9.80 Å². The van der Waals surface area contributed by atoms with Gasteiger partial charge in [0.05, 0.1) is 5.54 Å². The molecular weight excluding hydrogens is 338 g/mol. The largest absolute Gasteiger partial charge is 0.370 e. The monoisotopic (exact) mass is 363 g/mol. The van der Waals surface area contributed by atoms with Gasteiger partial charge in [-0.3, -0.25) is 14.5 Å². The summed E-state index contributed by atoms with van der Waals surface area (Å²) in [6.07, 6.45) is 1.76. The van der Waals surface area contributed by atoms with Crippen LogP contribution < -0.4 is 5.73 Å². The molecule has 0 bridgehead atoms. The first-order chi connectivity index (χ1) is 13.1. The van der Waals surface area contributed by atoms with Crippen molar-refractivity contribution in [3.05, 3.63) is 71.3 Å². The molecule has 2 aromatic carbocycles. The Morgan fingerprint density at radius 1 is 1.00 bits per heavy atom. The highest BCUT2D eigenvalue weighted by molar-refractivity contribution is 5.99. The molecule has 5 heteroatoms. The van der Waals surface area contributed by atoms with Crippen LogP contribution in [0.1, 0.15) is 40.7 Å². The standard InChI is InChI=1S/C22H25N3O2/c23-20(26)14-22(25-16-18-8-4-5-9-19(18)21(25)27)10-12-24(13-11-22)15-17-6-2-1-3-7-17/h1-9H,10-16H2,(H2,23,26). The van der Waals surface area contributed by atoms with Gasteiger partial charge in [0.2, 0.25) is 5.91 Å². The van der Waals surface area contributed by atoms with Gasteiger partial charge in [-0.2, -0.15) is 0 Å². The first kappa shape index (κ1) is 17.7. The van der Waals surface area contributed by atoms with E-state index in [1.807, 2.05) is 35.2 Å². The van der Waals surface area contributed by atoms with Crippen molar-refractivity contribution >= 4 is 11.8 Å². The maximum absolute atomic E-state index is 13.0. The molecule has 2 aromatic rings. The van der Waals surface area contributed by atoms with Gasteiger partial charge in [0.25, 0.3) is 5.91 Å². The third-order valence-electron chi connectivity index (χ3n) is 5.93. The van der Waals surface area contributed by atoms with Gasteiger partial charge in [0.1, 0.15) is 0 Å². The van der Waals surface area contributed by atoms with E-state index >= 15 is 0 Å². The second kappa shape index (κ2) is 7.16. The highest BCUT2D eigenvalue weighted by Gasteiger charge is 2.46. The summed E-state index contributed by atoms with van der Waals surface area (Å²) in [5, 5.41) is 0. The second-order valence-corrected chi connectivity index (χ2v) is 7.68. The van der Waals surface area contributed by atoms with Crippen molar-refractivity contribution in [2.24, 2.45) is 5.73 Å². The predicted octanol–water partition coefficient (Wildman–Crippen LogP) is 2.55. The molecular formula is C22H25N3O2. The first-order valence-corrected chi connectivity index (χ1v) is 9.52. The van der Waals surface area contributed by atoms with Gasteiger partial charge < -0.3 is 10.6 Å². The molecule has 27 heavy (non-hydrogen) atoms. The highest BCUT2D eigenvalue weighted by atomic mass is 16.2. The van der Waals surface area contributed by atoms with E-state index in [0.29, 0.717) is 6.54 Å². The summed E-state index contributed by atoms with van der Waals surface area (Å²) in [6.45, 7) is 3.16. The van der Waals surface area contributed by atoms with Gasteiger partial charge >= 0.3 is 0 Å². The first-order valence-electron chi connectivity index (χ1n) is 9.52. The Morgan fingerprint density at radius 3 is 2.33 bits per heavy atom. The molecule has 2 aliphatic rings.